The molecule has 0 aliphatic carbocycles. The van der Waals surface area contributed by atoms with Crippen LogP contribution in [0.25, 0.3) is 10.9 Å². The molecule has 1 aliphatic heterocycles. The standard InChI is InChI=1S/C24H36N4OS/c1-6-17(4)25-24(30)28(15-21-9-8-12-27(21)7-2)14-20-13-19-11-10-16(3)18(5)22(19)26-23(20)29/h10-11,13,17,21H,6-9,12,14-15H2,1-5H3,(H,25,30)(H,26,29). The molecule has 1 aromatic carbocycles. The van der Waals surface area contributed by atoms with Crippen LogP contribution in [0, 0.1) is 13.8 Å². The second kappa shape index (κ2) is 9.92. The van der Waals surface area contributed by atoms with Gasteiger partial charge < -0.3 is 15.2 Å². The first-order valence-corrected chi connectivity index (χ1v) is 11.7. The number of fused-ring (bicyclic) bond motifs is 1. The van der Waals surface area contributed by atoms with Crippen molar-refractivity contribution in [3.63, 3.8) is 0 Å². The Kier molecular flexibility index (Phi) is 7.53. The highest BCUT2D eigenvalue weighted by atomic mass is 32.1. The van der Waals surface area contributed by atoms with Crippen LogP contribution in [0.5, 0.6) is 0 Å². The number of aromatic amines is 1. The molecule has 5 nitrogen and oxygen atoms in total. The second-order valence-corrected chi connectivity index (χ2v) is 9.05. The van der Waals surface area contributed by atoms with Gasteiger partial charge in [-0.25, -0.2) is 0 Å². The van der Waals surface area contributed by atoms with E-state index in [-0.39, 0.29) is 5.56 Å². The first-order chi connectivity index (χ1) is 14.3. The van der Waals surface area contributed by atoms with E-state index < -0.39 is 0 Å². The number of aromatic nitrogens is 1. The molecular formula is C24H36N4OS. The molecule has 0 spiro atoms. The fraction of sp³-hybridized carbons (Fsp3) is 0.583. The largest absolute Gasteiger partial charge is 0.360 e. The number of nitrogens with zero attached hydrogens (tertiary/aromatic N) is 2. The van der Waals surface area contributed by atoms with E-state index in [4.69, 9.17) is 12.2 Å². The number of hydrogen-bond donors (Lipinski definition) is 2. The lowest BCUT2D eigenvalue weighted by atomic mass is 10.0. The van der Waals surface area contributed by atoms with Gasteiger partial charge >= 0.3 is 0 Å². The van der Waals surface area contributed by atoms with Crippen molar-refractivity contribution in [3.8, 4) is 0 Å². The van der Waals surface area contributed by atoms with Gasteiger partial charge in [0.1, 0.15) is 0 Å². The van der Waals surface area contributed by atoms with E-state index >= 15 is 0 Å². The minimum Gasteiger partial charge on any atom is -0.360 e. The van der Waals surface area contributed by atoms with Crippen LogP contribution in [-0.2, 0) is 6.54 Å². The van der Waals surface area contributed by atoms with Gasteiger partial charge in [0.25, 0.3) is 5.56 Å². The molecule has 0 saturated carbocycles. The zero-order valence-electron chi connectivity index (χ0n) is 19.0. The van der Waals surface area contributed by atoms with Gasteiger partial charge in [-0.2, -0.15) is 0 Å². The highest BCUT2D eigenvalue weighted by molar-refractivity contribution is 7.80. The van der Waals surface area contributed by atoms with Crippen LogP contribution in [0.3, 0.4) is 0 Å². The third-order valence-corrected chi connectivity index (χ3v) is 6.97. The predicted molar refractivity (Wildman–Crippen MR) is 130 cm³/mol. The van der Waals surface area contributed by atoms with Crippen LogP contribution in [0.4, 0.5) is 0 Å². The number of aryl methyl sites for hydroxylation is 2. The topological polar surface area (TPSA) is 51.4 Å². The molecule has 0 bridgehead atoms. The maximum Gasteiger partial charge on any atom is 0.253 e. The number of rotatable bonds is 7. The molecule has 2 heterocycles. The smallest absolute Gasteiger partial charge is 0.253 e. The molecule has 1 aromatic heterocycles. The van der Waals surface area contributed by atoms with Gasteiger partial charge in [0.15, 0.2) is 5.11 Å². The lowest BCUT2D eigenvalue weighted by Crippen LogP contribution is -2.48. The normalized spacial score (nSPS) is 18.0. The maximum absolute atomic E-state index is 12.9. The van der Waals surface area contributed by atoms with Crippen molar-refractivity contribution in [2.75, 3.05) is 19.6 Å². The Hall–Kier alpha value is -1.92. The molecule has 1 saturated heterocycles. The SMILES string of the molecule is CCC(C)NC(=S)N(Cc1cc2ccc(C)c(C)c2[nH]c1=O)CC1CCCN1CC. The summed E-state index contributed by atoms with van der Waals surface area (Å²) < 4.78 is 0. The number of benzene rings is 1. The molecule has 0 radical (unpaired) electrons. The van der Waals surface area contributed by atoms with Crippen molar-refractivity contribution in [1.82, 2.24) is 20.1 Å². The highest BCUT2D eigenvalue weighted by Crippen LogP contribution is 2.21. The van der Waals surface area contributed by atoms with Crippen molar-refractivity contribution in [3.05, 3.63) is 45.2 Å². The zero-order chi connectivity index (χ0) is 21.8. The van der Waals surface area contributed by atoms with Gasteiger partial charge in [-0.1, -0.05) is 26.0 Å². The summed E-state index contributed by atoms with van der Waals surface area (Å²) in [5, 5.41) is 5.27. The zero-order valence-corrected chi connectivity index (χ0v) is 19.9. The van der Waals surface area contributed by atoms with E-state index in [1.165, 1.54) is 18.4 Å². The molecule has 164 valence electrons. The summed E-state index contributed by atoms with van der Waals surface area (Å²) in [6.45, 7) is 14.2. The van der Waals surface area contributed by atoms with Crippen LogP contribution in [0.2, 0.25) is 0 Å². The summed E-state index contributed by atoms with van der Waals surface area (Å²) in [6, 6.07) is 7.03. The molecule has 1 aliphatic rings. The van der Waals surface area contributed by atoms with Crippen molar-refractivity contribution in [1.29, 1.82) is 0 Å². The second-order valence-electron chi connectivity index (χ2n) is 8.66. The van der Waals surface area contributed by atoms with Crippen LogP contribution in [-0.4, -0.2) is 51.6 Å². The molecule has 0 amide bonds. The maximum atomic E-state index is 12.9. The van der Waals surface area contributed by atoms with Crippen LogP contribution < -0.4 is 10.9 Å². The van der Waals surface area contributed by atoms with Gasteiger partial charge in [-0.3, -0.25) is 9.69 Å². The molecule has 2 atom stereocenters. The molecule has 2 aromatic rings. The summed E-state index contributed by atoms with van der Waals surface area (Å²) in [6.07, 6.45) is 3.42. The first-order valence-electron chi connectivity index (χ1n) is 11.3. The number of pyridine rings is 1. The Bertz CT molecular complexity index is 954. The Morgan fingerprint density at radius 3 is 2.83 bits per heavy atom. The van der Waals surface area contributed by atoms with E-state index in [1.807, 2.05) is 6.07 Å². The number of H-pyrrole nitrogens is 1. The highest BCUT2D eigenvalue weighted by Gasteiger charge is 2.27. The summed E-state index contributed by atoms with van der Waals surface area (Å²) >= 11 is 5.79. The van der Waals surface area contributed by atoms with E-state index in [9.17, 15) is 4.79 Å². The third-order valence-electron chi connectivity index (χ3n) is 6.60. The fourth-order valence-corrected chi connectivity index (χ4v) is 4.63. The van der Waals surface area contributed by atoms with Gasteiger partial charge in [-0.05, 0) is 87.9 Å². The van der Waals surface area contributed by atoms with E-state index in [2.05, 4.69) is 66.9 Å². The molecule has 1 fully saturated rings. The Morgan fingerprint density at radius 1 is 1.37 bits per heavy atom. The lowest BCUT2D eigenvalue weighted by Gasteiger charge is -2.33. The van der Waals surface area contributed by atoms with Gasteiger partial charge in [0.05, 0.1) is 12.1 Å². The average Bonchev–Trinajstić information content (AvgIpc) is 3.18. The quantitative estimate of drug-likeness (QED) is 0.650. The molecule has 30 heavy (non-hydrogen) atoms. The van der Waals surface area contributed by atoms with Crippen molar-refractivity contribution in [2.45, 2.75) is 72.5 Å². The van der Waals surface area contributed by atoms with Gasteiger partial charge in [0, 0.05) is 24.2 Å². The number of thiocarbonyl (C=S) groups is 1. The Morgan fingerprint density at radius 2 is 2.13 bits per heavy atom. The minimum absolute atomic E-state index is 0.0219. The predicted octanol–water partition coefficient (Wildman–Crippen LogP) is 4.10. The van der Waals surface area contributed by atoms with Crippen LogP contribution in [0.15, 0.2) is 23.0 Å². The number of hydrogen-bond acceptors (Lipinski definition) is 3. The number of likely N-dealkylation sites (tertiary alicyclic amines) is 1. The summed E-state index contributed by atoms with van der Waals surface area (Å²) in [7, 11) is 0. The summed E-state index contributed by atoms with van der Waals surface area (Å²) in [5.74, 6) is 0. The molecule has 2 N–H and O–H groups in total. The minimum atomic E-state index is -0.0219. The van der Waals surface area contributed by atoms with E-state index in [1.54, 1.807) is 0 Å². The average molecular weight is 429 g/mol. The Labute approximate surface area is 185 Å². The van der Waals surface area contributed by atoms with E-state index in [0.717, 1.165) is 53.2 Å². The van der Waals surface area contributed by atoms with Crippen molar-refractivity contribution >= 4 is 28.2 Å². The van der Waals surface area contributed by atoms with Gasteiger partial charge in [-0.15, -0.1) is 0 Å². The number of nitrogens with one attached hydrogen (secondary N) is 2. The van der Waals surface area contributed by atoms with Crippen LogP contribution in [0.1, 0.15) is 56.7 Å². The summed E-state index contributed by atoms with van der Waals surface area (Å²) in [5.41, 5.74) is 3.99. The van der Waals surface area contributed by atoms with Crippen molar-refractivity contribution in [2.24, 2.45) is 0 Å². The lowest BCUT2D eigenvalue weighted by molar-refractivity contribution is 0.218. The fourth-order valence-electron chi connectivity index (χ4n) is 4.29. The van der Waals surface area contributed by atoms with E-state index in [0.29, 0.717) is 18.6 Å². The molecular weight excluding hydrogens is 392 g/mol. The first kappa shape index (κ1) is 22.8. The Balaban J connectivity index is 1.89. The van der Waals surface area contributed by atoms with Gasteiger partial charge in [0.2, 0.25) is 0 Å². The van der Waals surface area contributed by atoms with Crippen molar-refractivity contribution < 1.29 is 0 Å². The summed E-state index contributed by atoms with van der Waals surface area (Å²) in [4.78, 5) is 20.8. The molecule has 2 unspecified atom stereocenters. The third kappa shape index (κ3) is 5.03. The molecule has 3 rings (SSSR count). The van der Waals surface area contributed by atoms with Crippen LogP contribution >= 0.6 is 12.2 Å². The number of likely N-dealkylation sites (N-methyl/N-ethyl adjacent to an activating group) is 1. The monoisotopic (exact) mass is 428 g/mol. The molecule has 6 heteroatoms.